The van der Waals surface area contributed by atoms with Gasteiger partial charge in [0.2, 0.25) is 0 Å². The Labute approximate surface area is 200 Å². The number of hydrazone groups is 1. The van der Waals surface area contributed by atoms with E-state index in [4.69, 9.17) is 9.72 Å². The number of anilines is 2. The van der Waals surface area contributed by atoms with Crippen molar-refractivity contribution in [2.45, 2.75) is 47.5 Å². The molecule has 0 amide bonds. The van der Waals surface area contributed by atoms with E-state index in [1.165, 1.54) is 5.56 Å². The highest BCUT2D eigenvalue weighted by Gasteiger charge is 2.13. The molecule has 174 valence electrons. The molecule has 1 aliphatic heterocycles. The number of nitrogens with zero attached hydrogens (tertiary/aromatic N) is 5. The second-order valence-electron chi connectivity index (χ2n) is 8.07. The van der Waals surface area contributed by atoms with Gasteiger partial charge in [-0.05, 0) is 75.6 Å². The molecular weight excluding hydrogens is 424 g/mol. The Bertz CT molecular complexity index is 1320. The number of pyridine rings is 1. The largest absolute Gasteiger partial charge is 0.457 e. The van der Waals surface area contributed by atoms with E-state index >= 15 is 0 Å². The minimum atomic E-state index is 0.691. The van der Waals surface area contributed by atoms with Crippen molar-refractivity contribution in [1.29, 1.82) is 0 Å². The predicted molar refractivity (Wildman–Crippen MR) is 138 cm³/mol. The van der Waals surface area contributed by atoms with Gasteiger partial charge in [0.15, 0.2) is 5.82 Å². The molecule has 0 spiro atoms. The lowest BCUT2D eigenvalue weighted by atomic mass is 10.1. The van der Waals surface area contributed by atoms with E-state index in [1.54, 1.807) is 17.6 Å². The number of ether oxygens (including phenoxy) is 1. The summed E-state index contributed by atoms with van der Waals surface area (Å²) in [6.07, 6.45) is 13.1. The fraction of sp³-hybridized carbons (Fsp3) is 0.259. The molecule has 4 rings (SSSR count). The van der Waals surface area contributed by atoms with Gasteiger partial charge in [0.1, 0.15) is 23.4 Å². The molecule has 1 aromatic carbocycles. The van der Waals surface area contributed by atoms with Crippen LogP contribution in [0.4, 0.5) is 11.5 Å². The van der Waals surface area contributed by atoms with Crippen molar-refractivity contribution in [3.8, 4) is 5.75 Å². The lowest BCUT2D eigenvalue weighted by molar-refractivity contribution is 0.420. The summed E-state index contributed by atoms with van der Waals surface area (Å²) in [5, 5.41) is 9.53. The summed E-state index contributed by atoms with van der Waals surface area (Å²) < 4.78 is 6.16. The van der Waals surface area contributed by atoms with Crippen molar-refractivity contribution in [1.82, 2.24) is 20.0 Å². The van der Waals surface area contributed by atoms with Crippen LogP contribution in [0.5, 0.6) is 5.75 Å². The smallest absolute Gasteiger partial charge is 0.160 e. The van der Waals surface area contributed by atoms with Gasteiger partial charge in [0.25, 0.3) is 0 Å². The maximum atomic E-state index is 6.16. The number of aryl methyl sites for hydroxylation is 3. The molecule has 0 saturated heterocycles. The molecule has 0 bridgehead atoms. The summed E-state index contributed by atoms with van der Waals surface area (Å²) in [6, 6.07) is 8.10. The highest BCUT2D eigenvalue weighted by molar-refractivity contribution is 5.87. The summed E-state index contributed by atoms with van der Waals surface area (Å²) in [5.41, 5.74) is 6.73. The molecular formula is C27H30N6O. The van der Waals surface area contributed by atoms with Gasteiger partial charge in [0, 0.05) is 29.9 Å². The summed E-state index contributed by atoms with van der Waals surface area (Å²) in [5.74, 6) is 2.23. The Balaban J connectivity index is 1.55. The minimum Gasteiger partial charge on any atom is -0.457 e. The van der Waals surface area contributed by atoms with Gasteiger partial charge in [-0.1, -0.05) is 19.4 Å². The van der Waals surface area contributed by atoms with Crippen LogP contribution in [-0.4, -0.2) is 26.2 Å². The molecule has 7 heteroatoms. The first kappa shape index (κ1) is 23.2. The molecule has 34 heavy (non-hydrogen) atoms. The Morgan fingerprint density at radius 3 is 2.74 bits per heavy atom. The van der Waals surface area contributed by atoms with Gasteiger partial charge in [-0.2, -0.15) is 5.10 Å². The Kier molecular flexibility index (Phi) is 7.01. The SMILES string of the molecule is CC=C1C=C(Oc2ccc(Nc3ncnc4cc(CCC)c(C)nc34)cc2C)C=CN1/N=C\C. The zero-order valence-electron chi connectivity index (χ0n) is 20.3. The van der Waals surface area contributed by atoms with Gasteiger partial charge in [0.05, 0.1) is 11.2 Å². The standard InChI is InChI=1S/C27H30N6O/c1-6-9-20-15-24-26(31-19(20)5)27(29-17-28-24)32-21-10-11-25(18(4)14-21)34-23-12-13-33(30-8-3)22(7-2)16-23/h7-8,10-17H,6,9H2,1-5H3,(H,28,29,32)/b22-7?,30-8-. The first-order valence-electron chi connectivity index (χ1n) is 11.5. The van der Waals surface area contributed by atoms with Crippen LogP contribution in [0.3, 0.4) is 0 Å². The Morgan fingerprint density at radius 1 is 1.15 bits per heavy atom. The molecule has 0 atom stereocenters. The average molecular weight is 455 g/mol. The maximum Gasteiger partial charge on any atom is 0.160 e. The van der Waals surface area contributed by atoms with Crippen molar-refractivity contribution >= 4 is 28.8 Å². The first-order chi connectivity index (χ1) is 16.5. The predicted octanol–water partition coefficient (Wildman–Crippen LogP) is 6.34. The second kappa shape index (κ2) is 10.3. The van der Waals surface area contributed by atoms with Crippen molar-refractivity contribution in [2.75, 3.05) is 5.32 Å². The second-order valence-corrected chi connectivity index (χ2v) is 8.07. The fourth-order valence-corrected chi connectivity index (χ4v) is 3.84. The van der Waals surface area contributed by atoms with E-state index in [-0.39, 0.29) is 0 Å². The van der Waals surface area contributed by atoms with E-state index in [0.29, 0.717) is 5.82 Å². The van der Waals surface area contributed by atoms with Gasteiger partial charge >= 0.3 is 0 Å². The lowest BCUT2D eigenvalue weighted by Crippen LogP contribution is -2.13. The summed E-state index contributed by atoms with van der Waals surface area (Å²) >= 11 is 0. The van der Waals surface area contributed by atoms with Crippen LogP contribution in [0, 0.1) is 13.8 Å². The monoisotopic (exact) mass is 454 g/mol. The van der Waals surface area contributed by atoms with Crippen LogP contribution in [0.2, 0.25) is 0 Å². The molecule has 0 fully saturated rings. The van der Waals surface area contributed by atoms with Crippen molar-refractivity contribution in [3.05, 3.63) is 83.3 Å². The quantitative estimate of drug-likeness (QED) is 0.420. The van der Waals surface area contributed by atoms with E-state index in [2.05, 4.69) is 33.4 Å². The normalized spacial score (nSPS) is 14.8. The van der Waals surface area contributed by atoms with Crippen LogP contribution in [0.1, 0.15) is 44.0 Å². The third-order valence-electron chi connectivity index (χ3n) is 5.56. The zero-order chi connectivity index (χ0) is 24.1. The summed E-state index contributed by atoms with van der Waals surface area (Å²) in [4.78, 5) is 13.7. The molecule has 0 unspecified atom stereocenters. The van der Waals surface area contributed by atoms with Gasteiger partial charge in [-0.3, -0.25) is 0 Å². The number of fused-ring (bicyclic) bond motifs is 1. The molecule has 0 saturated carbocycles. The fourth-order valence-electron chi connectivity index (χ4n) is 3.84. The van der Waals surface area contributed by atoms with Crippen molar-refractivity contribution in [3.63, 3.8) is 0 Å². The van der Waals surface area contributed by atoms with Crippen LogP contribution < -0.4 is 10.1 Å². The molecule has 7 nitrogen and oxygen atoms in total. The highest BCUT2D eigenvalue weighted by Crippen LogP contribution is 2.29. The number of hydrogen-bond donors (Lipinski definition) is 1. The third kappa shape index (κ3) is 4.98. The summed E-state index contributed by atoms with van der Waals surface area (Å²) in [6.45, 7) is 10.1. The van der Waals surface area contributed by atoms with Crippen LogP contribution in [0.25, 0.3) is 11.0 Å². The van der Waals surface area contributed by atoms with Crippen LogP contribution >= 0.6 is 0 Å². The number of benzene rings is 1. The molecule has 1 N–H and O–H groups in total. The van der Waals surface area contributed by atoms with E-state index < -0.39 is 0 Å². The zero-order valence-corrected chi connectivity index (χ0v) is 20.3. The third-order valence-corrected chi connectivity index (χ3v) is 5.56. The number of hydrogen-bond acceptors (Lipinski definition) is 7. The molecule has 3 heterocycles. The van der Waals surface area contributed by atoms with E-state index in [1.807, 2.05) is 70.3 Å². The van der Waals surface area contributed by atoms with E-state index in [9.17, 15) is 0 Å². The first-order valence-corrected chi connectivity index (χ1v) is 11.5. The number of aromatic nitrogens is 3. The van der Waals surface area contributed by atoms with Crippen LogP contribution in [-0.2, 0) is 6.42 Å². The highest BCUT2D eigenvalue weighted by atomic mass is 16.5. The molecule has 1 aliphatic rings. The Hall–Kier alpha value is -4.00. The Morgan fingerprint density at radius 2 is 2.00 bits per heavy atom. The van der Waals surface area contributed by atoms with Crippen molar-refractivity contribution in [2.24, 2.45) is 5.10 Å². The van der Waals surface area contributed by atoms with Gasteiger partial charge < -0.3 is 10.1 Å². The van der Waals surface area contributed by atoms with Crippen molar-refractivity contribution < 1.29 is 4.74 Å². The van der Waals surface area contributed by atoms with Crippen LogP contribution in [0.15, 0.2) is 71.6 Å². The topological polar surface area (TPSA) is 75.5 Å². The van der Waals surface area contributed by atoms with Gasteiger partial charge in [-0.15, -0.1) is 0 Å². The molecule has 3 aromatic rings. The molecule has 0 radical (unpaired) electrons. The average Bonchev–Trinajstić information content (AvgIpc) is 2.83. The molecule has 0 aliphatic carbocycles. The number of nitrogens with one attached hydrogen (secondary N) is 1. The van der Waals surface area contributed by atoms with Gasteiger partial charge in [-0.25, -0.2) is 20.0 Å². The minimum absolute atomic E-state index is 0.691. The lowest BCUT2D eigenvalue weighted by Gasteiger charge is -2.21. The molecule has 2 aromatic heterocycles. The maximum absolute atomic E-state index is 6.16. The number of rotatable bonds is 7. The van der Waals surface area contributed by atoms with E-state index in [0.717, 1.165) is 58.0 Å². The number of allylic oxidation sites excluding steroid dienone is 3. The summed E-state index contributed by atoms with van der Waals surface area (Å²) in [7, 11) is 0.